The van der Waals surface area contributed by atoms with E-state index < -0.39 is 11.7 Å². The molecule has 0 radical (unpaired) electrons. The second-order valence-corrected chi connectivity index (χ2v) is 6.86. The van der Waals surface area contributed by atoms with Crippen LogP contribution < -0.4 is 4.57 Å². The highest BCUT2D eigenvalue weighted by Gasteiger charge is 2.31. The Hall–Kier alpha value is -1.63. The molecule has 24 heavy (non-hydrogen) atoms. The second-order valence-electron chi connectivity index (χ2n) is 5.69. The van der Waals surface area contributed by atoms with Crippen LogP contribution in [-0.4, -0.2) is 0 Å². The lowest BCUT2D eigenvalue weighted by Crippen LogP contribution is -2.35. The molecule has 0 amide bonds. The van der Waals surface area contributed by atoms with Gasteiger partial charge in [-0.2, -0.15) is 17.7 Å². The molecule has 0 aliphatic carbocycles. The fraction of sp³-hybridized carbons (Fsp3) is 0.211. The van der Waals surface area contributed by atoms with E-state index in [1.807, 2.05) is 29.0 Å². The van der Waals surface area contributed by atoms with Crippen LogP contribution in [0.25, 0.3) is 10.9 Å². The molecule has 0 aliphatic heterocycles. The summed E-state index contributed by atoms with van der Waals surface area (Å²) in [5, 5.41) is 0.831. The van der Waals surface area contributed by atoms with E-state index in [0.717, 1.165) is 27.0 Å². The Morgan fingerprint density at radius 3 is 2.46 bits per heavy atom. The molecule has 1 heterocycles. The monoisotopic (exact) mass is 442 g/mol. The van der Waals surface area contributed by atoms with E-state index in [1.165, 1.54) is 11.6 Å². The fourth-order valence-electron chi connectivity index (χ4n) is 2.76. The lowest BCUT2D eigenvalue weighted by Gasteiger charge is -2.09. The maximum absolute atomic E-state index is 13.1. The highest BCUT2D eigenvalue weighted by molar-refractivity contribution is 14.1. The molecule has 0 unspecified atom stereocenters. The number of nitrogens with zero attached hydrogens (tertiary/aromatic N) is 1. The molecular formula is C19H16F3IN+. The van der Waals surface area contributed by atoms with Gasteiger partial charge in [-0.1, -0.05) is 25.1 Å². The molecule has 3 aromatic rings. The van der Waals surface area contributed by atoms with Gasteiger partial charge in [0.1, 0.15) is 0 Å². The minimum atomic E-state index is -4.34. The molecule has 0 saturated heterocycles. The fourth-order valence-corrected chi connectivity index (χ4v) is 3.37. The molecule has 1 aromatic heterocycles. The Bertz CT molecular complexity index is 887. The summed E-state index contributed by atoms with van der Waals surface area (Å²) in [5.41, 5.74) is 2.28. The Kier molecular flexibility index (Phi) is 4.80. The average Bonchev–Trinajstić information content (AvgIpc) is 2.56. The van der Waals surface area contributed by atoms with Gasteiger partial charge in [0.25, 0.3) is 0 Å². The summed E-state index contributed by atoms with van der Waals surface area (Å²) in [7, 11) is 0. The molecule has 0 fully saturated rings. The molecule has 124 valence electrons. The van der Waals surface area contributed by atoms with E-state index in [9.17, 15) is 13.2 Å². The summed E-state index contributed by atoms with van der Waals surface area (Å²) < 4.78 is 42.0. The van der Waals surface area contributed by atoms with Crippen molar-refractivity contribution in [1.29, 1.82) is 0 Å². The summed E-state index contributed by atoms with van der Waals surface area (Å²) in [6.45, 7) is 2.63. The largest absolute Gasteiger partial charge is 0.416 e. The van der Waals surface area contributed by atoms with Crippen molar-refractivity contribution in [2.45, 2.75) is 26.1 Å². The number of halogens is 4. The Morgan fingerprint density at radius 2 is 1.75 bits per heavy atom. The third kappa shape index (κ3) is 3.55. The lowest BCUT2D eigenvalue weighted by molar-refractivity contribution is -0.662. The summed E-state index contributed by atoms with van der Waals surface area (Å²) in [4.78, 5) is 0. The highest BCUT2D eigenvalue weighted by atomic mass is 127. The molecule has 1 nitrogen and oxygen atoms in total. The van der Waals surface area contributed by atoms with Crippen molar-refractivity contribution < 1.29 is 17.7 Å². The van der Waals surface area contributed by atoms with E-state index >= 15 is 0 Å². The van der Waals surface area contributed by atoms with Crippen molar-refractivity contribution in [2.75, 3.05) is 0 Å². The third-order valence-corrected chi connectivity index (χ3v) is 4.99. The number of hydrogen-bond acceptors (Lipinski definition) is 0. The maximum Gasteiger partial charge on any atom is 0.416 e. The Labute approximate surface area is 152 Å². The number of fused-ring (bicyclic) bond motifs is 1. The topological polar surface area (TPSA) is 3.88 Å². The van der Waals surface area contributed by atoms with E-state index in [-0.39, 0.29) is 0 Å². The summed E-state index contributed by atoms with van der Waals surface area (Å²) in [6.07, 6.45) is -1.55. The standard InChI is InChI=1S/C19H16F3IN/c1-2-13-4-3-5-14(10-13)12-24-9-8-17(23)16-7-6-15(11-18(16)24)19(20,21)22/h3-11H,2,12H2,1H3/q+1. The van der Waals surface area contributed by atoms with Crippen molar-refractivity contribution in [1.82, 2.24) is 0 Å². The first-order valence-corrected chi connectivity index (χ1v) is 8.73. The van der Waals surface area contributed by atoms with Gasteiger partial charge in [0.15, 0.2) is 12.7 Å². The second kappa shape index (κ2) is 6.70. The van der Waals surface area contributed by atoms with Crippen LogP contribution in [0.15, 0.2) is 54.7 Å². The molecule has 2 aromatic carbocycles. The molecule has 0 atom stereocenters. The first-order chi connectivity index (χ1) is 11.4. The Morgan fingerprint density at radius 1 is 1.00 bits per heavy atom. The van der Waals surface area contributed by atoms with Crippen LogP contribution in [-0.2, 0) is 19.1 Å². The lowest BCUT2D eigenvalue weighted by atomic mass is 10.1. The van der Waals surface area contributed by atoms with Gasteiger partial charge in [0.2, 0.25) is 5.52 Å². The van der Waals surface area contributed by atoms with Gasteiger partial charge < -0.3 is 0 Å². The molecule has 0 saturated carbocycles. The number of alkyl halides is 3. The van der Waals surface area contributed by atoms with Gasteiger partial charge in [0.05, 0.1) is 10.9 Å². The summed E-state index contributed by atoms with van der Waals surface area (Å²) in [6, 6.07) is 14.0. The van der Waals surface area contributed by atoms with Gasteiger partial charge >= 0.3 is 6.18 Å². The van der Waals surface area contributed by atoms with Crippen molar-refractivity contribution in [2.24, 2.45) is 0 Å². The van der Waals surface area contributed by atoms with Gasteiger partial charge in [-0.3, -0.25) is 0 Å². The zero-order valence-electron chi connectivity index (χ0n) is 13.1. The predicted octanol–water partition coefficient (Wildman–Crippen LogP) is 5.36. The first-order valence-electron chi connectivity index (χ1n) is 7.65. The van der Waals surface area contributed by atoms with Crippen molar-refractivity contribution >= 4 is 33.5 Å². The van der Waals surface area contributed by atoms with Crippen molar-refractivity contribution in [3.63, 3.8) is 0 Å². The molecule has 0 spiro atoms. The van der Waals surface area contributed by atoms with Gasteiger partial charge in [0, 0.05) is 21.3 Å². The summed E-state index contributed by atoms with van der Waals surface area (Å²) >= 11 is 2.16. The van der Waals surface area contributed by atoms with Crippen LogP contribution in [0, 0.1) is 3.57 Å². The maximum atomic E-state index is 13.1. The normalized spacial score (nSPS) is 11.9. The van der Waals surface area contributed by atoms with E-state index in [2.05, 4.69) is 41.6 Å². The van der Waals surface area contributed by atoms with E-state index in [4.69, 9.17) is 0 Å². The van der Waals surface area contributed by atoms with Gasteiger partial charge in [-0.25, -0.2) is 0 Å². The van der Waals surface area contributed by atoms with E-state index in [1.54, 1.807) is 6.07 Å². The molecular weight excluding hydrogens is 426 g/mol. The van der Waals surface area contributed by atoms with Crippen LogP contribution in [0.4, 0.5) is 13.2 Å². The number of aryl methyl sites for hydroxylation is 1. The minimum Gasteiger partial charge on any atom is -0.194 e. The van der Waals surface area contributed by atoms with Gasteiger partial charge in [-0.05, 0) is 52.8 Å². The van der Waals surface area contributed by atoms with Crippen molar-refractivity contribution in [3.05, 3.63) is 75.0 Å². The highest BCUT2D eigenvalue weighted by Crippen LogP contribution is 2.31. The van der Waals surface area contributed by atoms with Crippen LogP contribution in [0.3, 0.4) is 0 Å². The zero-order chi connectivity index (χ0) is 17.3. The van der Waals surface area contributed by atoms with E-state index in [0.29, 0.717) is 12.1 Å². The number of rotatable bonds is 3. The number of pyridine rings is 1. The number of benzene rings is 2. The zero-order valence-corrected chi connectivity index (χ0v) is 15.2. The molecule has 3 rings (SSSR count). The number of aromatic nitrogens is 1. The number of hydrogen-bond donors (Lipinski definition) is 0. The first kappa shape index (κ1) is 17.2. The van der Waals surface area contributed by atoms with Crippen LogP contribution in [0.5, 0.6) is 0 Å². The summed E-state index contributed by atoms with van der Waals surface area (Å²) in [5.74, 6) is 0. The smallest absolute Gasteiger partial charge is 0.194 e. The molecule has 0 bridgehead atoms. The predicted molar refractivity (Wildman–Crippen MR) is 96.8 cm³/mol. The van der Waals surface area contributed by atoms with Crippen LogP contribution in [0.1, 0.15) is 23.6 Å². The van der Waals surface area contributed by atoms with Crippen molar-refractivity contribution in [3.8, 4) is 0 Å². The molecule has 0 N–H and O–H groups in total. The van der Waals surface area contributed by atoms with Gasteiger partial charge in [-0.15, -0.1) is 0 Å². The van der Waals surface area contributed by atoms with Crippen LogP contribution in [0.2, 0.25) is 0 Å². The quantitative estimate of drug-likeness (QED) is 0.380. The minimum absolute atomic E-state index is 0.544. The molecule has 5 heteroatoms. The molecule has 0 aliphatic rings. The SMILES string of the molecule is CCc1cccc(C[n+]2ccc(I)c3ccc(C(F)(F)F)cc32)c1. The third-order valence-electron chi connectivity index (χ3n) is 4.05. The van der Waals surface area contributed by atoms with Crippen LogP contribution >= 0.6 is 22.6 Å². The average molecular weight is 442 g/mol. The Balaban J connectivity index is 2.11.